The Bertz CT molecular complexity index is 286. The molecule has 2 saturated carbocycles. The molecule has 0 aliphatic heterocycles. The molecule has 2 fully saturated rings. The van der Waals surface area contributed by atoms with Gasteiger partial charge in [-0.2, -0.15) is 0 Å². The molecule has 160 valence electrons. The summed E-state index contributed by atoms with van der Waals surface area (Å²) in [5.74, 6) is 3.25. The van der Waals surface area contributed by atoms with Crippen molar-refractivity contribution in [2.45, 2.75) is 155 Å². The molecule has 2 rings (SSSR count). The van der Waals surface area contributed by atoms with E-state index in [1.165, 1.54) is 89.9 Å². The first kappa shape index (κ1) is 23.3. The highest BCUT2D eigenvalue weighted by molar-refractivity contribution is 4.72. The Balaban J connectivity index is 1.59. The van der Waals surface area contributed by atoms with Crippen LogP contribution in [-0.4, -0.2) is 0 Å². The Kier molecular flexibility index (Phi) is 13.7. The summed E-state index contributed by atoms with van der Waals surface area (Å²) in [6.07, 6.45) is 34.9. The van der Waals surface area contributed by atoms with Gasteiger partial charge in [-0.1, -0.05) is 155 Å². The van der Waals surface area contributed by atoms with Gasteiger partial charge in [-0.3, -0.25) is 0 Å². The zero-order valence-electron chi connectivity index (χ0n) is 19.0. The summed E-state index contributed by atoms with van der Waals surface area (Å²) >= 11 is 0. The molecule has 27 heavy (non-hydrogen) atoms. The lowest BCUT2D eigenvalue weighted by molar-refractivity contribution is 0.263. The van der Waals surface area contributed by atoms with Gasteiger partial charge in [0.15, 0.2) is 0 Å². The molecule has 0 aromatic carbocycles. The van der Waals surface area contributed by atoms with Crippen LogP contribution in [0.2, 0.25) is 0 Å². The highest BCUT2D eigenvalue weighted by Gasteiger charge is 2.19. The topological polar surface area (TPSA) is 0 Å². The Labute approximate surface area is 172 Å². The minimum Gasteiger partial charge on any atom is -0.0654 e. The zero-order valence-corrected chi connectivity index (χ0v) is 19.0. The first-order valence-electron chi connectivity index (χ1n) is 13.4. The molecule has 2 aliphatic carbocycles. The van der Waals surface area contributed by atoms with Crippen molar-refractivity contribution in [3.63, 3.8) is 0 Å². The number of unbranched alkanes of at least 4 members (excludes halogenated alkanes) is 7. The molecular formula is C27H52. The van der Waals surface area contributed by atoms with Crippen LogP contribution in [0.3, 0.4) is 0 Å². The van der Waals surface area contributed by atoms with Gasteiger partial charge in [0.2, 0.25) is 0 Å². The van der Waals surface area contributed by atoms with Gasteiger partial charge in [-0.05, 0) is 17.8 Å². The fourth-order valence-corrected chi connectivity index (χ4v) is 5.89. The van der Waals surface area contributed by atoms with Crippen molar-refractivity contribution < 1.29 is 0 Å². The maximum atomic E-state index is 2.32. The smallest absolute Gasteiger partial charge is 0.0414 e. The second kappa shape index (κ2) is 15.9. The van der Waals surface area contributed by atoms with E-state index in [0.717, 1.165) is 17.8 Å². The molecule has 0 nitrogen and oxygen atoms in total. The summed E-state index contributed by atoms with van der Waals surface area (Å²) in [4.78, 5) is 0. The normalized spacial score (nSPS) is 19.8. The molecule has 0 bridgehead atoms. The molecule has 0 amide bonds. The van der Waals surface area contributed by atoms with E-state index in [2.05, 4.69) is 6.92 Å². The Morgan fingerprint density at radius 3 is 1.44 bits per heavy atom. The molecule has 0 atom stereocenters. The van der Waals surface area contributed by atoms with Crippen molar-refractivity contribution in [3.8, 4) is 0 Å². The fraction of sp³-hybridized carbons (Fsp3) is 1.00. The van der Waals surface area contributed by atoms with Crippen LogP contribution in [0, 0.1) is 17.8 Å². The summed E-state index contributed by atoms with van der Waals surface area (Å²) in [6.45, 7) is 2.32. The van der Waals surface area contributed by atoms with Crippen LogP contribution in [0.5, 0.6) is 0 Å². The van der Waals surface area contributed by atoms with Gasteiger partial charge >= 0.3 is 0 Å². The minimum absolute atomic E-state index is 1.06. The van der Waals surface area contributed by atoms with Crippen LogP contribution in [-0.2, 0) is 0 Å². The van der Waals surface area contributed by atoms with E-state index in [0.29, 0.717) is 0 Å². The van der Waals surface area contributed by atoms with Crippen molar-refractivity contribution in [2.75, 3.05) is 0 Å². The molecular weight excluding hydrogens is 324 g/mol. The summed E-state index contributed by atoms with van der Waals surface area (Å²) < 4.78 is 0. The summed E-state index contributed by atoms with van der Waals surface area (Å²) in [6, 6.07) is 0. The average molecular weight is 377 g/mol. The van der Waals surface area contributed by atoms with Crippen molar-refractivity contribution in [1.29, 1.82) is 0 Å². The van der Waals surface area contributed by atoms with E-state index in [-0.39, 0.29) is 0 Å². The third-order valence-electron chi connectivity index (χ3n) is 7.88. The number of hydrogen-bond acceptors (Lipinski definition) is 0. The van der Waals surface area contributed by atoms with Gasteiger partial charge in [0.1, 0.15) is 0 Å². The van der Waals surface area contributed by atoms with Gasteiger partial charge in [0.25, 0.3) is 0 Å². The van der Waals surface area contributed by atoms with Crippen molar-refractivity contribution in [2.24, 2.45) is 17.8 Å². The number of rotatable bonds is 15. The lowest BCUT2D eigenvalue weighted by atomic mass is 9.79. The predicted molar refractivity (Wildman–Crippen MR) is 122 cm³/mol. The summed E-state index contributed by atoms with van der Waals surface area (Å²) in [7, 11) is 0. The van der Waals surface area contributed by atoms with Crippen LogP contribution in [0.4, 0.5) is 0 Å². The van der Waals surface area contributed by atoms with Gasteiger partial charge in [-0.25, -0.2) is 0 Å². The maximum absolute atomic E-state index is 2.32. The van der Waals surface area contributed by atoms with Crippen molar-refractivity contribution in [1.82, 2.24) is 0 Å². The highest BCUT2D eigenvalue weighted by Crippen LogP contribution is 2.34. The first-order chi connectivity index (χ1) is 13.4. The lowest BCUT2D eigenvalue weighted by Crippen LogP contribution is -2.12. The van der Waals surface area contributed by atoms with Crippen molar-refractivity contribution >= 4 is 0 Å². The quantitative estimate of drug-likeness (QED) is 0.249. The molecule has 0 spiro atoms. The average Bonchev–Trinajstić information content (AvgIpc) is 2.73. The SMILES string of the molecule is CCCCCCCCCCC(CCC1CCCCC1)CCC1CCCCC1. The van der Waals surface area contributed by atoms with Gasteiger partial charge in [-0.15, -0.1) is 0 Å². The second-order valence-electron chi connectivity index (χ2n) is 10.3. The van der Waals surface area contributed by atoms with Crippen LogP contribution >= 0.6 is 0 Å². The molecule has 0 aromatic rings. The summed E-state index contributed by atoms with van der Waals surface area (Å²) in [5.41, 5.74) is 0. The molecule has 0 unspecified atom stereocenters. The third-order valence-corrected chi connectivity index (χ3v) is 7.88. The Hall–Kier alpha value is 0. The third kappa shape index (κ3) is 11.6. The molecule has 0 radical (unpaired) electrons. The zero-order chi connectivity index (χ0) is 19.0. The molecule has 0 N–H and O–H groups in total. The van der Waals surface area contributed by atoms with Crippen molar-refractivity contribution in [3.05, 3.63) is 0 Å². The first-order valence-corrected chi connectivity index (χ1v) is 13.4. The fourth-order valence-electron chi connectivity index (χ4n) is 5.89. The summed E-state index contributed by atoms with van der Waals surface area (Å²) in [5, 5.41) is 0. The molecule has 0 saturated heterocycles. The highest BCUT2D eigenvalue weighted by atomic mass is 14.2. The Morgan fingerprint density at radius 2 is 0.963 bits per heavy atom. The number of hydrogen-bond donors (Lipinski definition) is 0. The van der Waals surface area contributed by atoms with E-state index in [9.17, 15) is 0 Å². The Morgan fingerprint density at radius 1 is 0.519 bits per heavy atom. The van der Waals surface area contributed by atoms with Gasteiger partial charge in [0.05, 0.1) is 0 Å². The second-order valence-corrected chi connectivity index (χ2v) is 10.3. The minimum atomic E-state index is 1.06. The van der Waals surface area contributed by atoms with E-state index < -0.39 is 0 Å². The van der Waals surface area contributed by atoms with Crippen LogP contribution < -0.4 is 0 Å². The van der Waals surface area contributed by atoms with E-state index in [1.54, 1.807) is 57.8 Å². The largest absolute Gasteiger partial charge is 0.0654 e. The maximum Gasteiger partial charge on any atom is -0.0414 e. The van der Waals surface area contributed by atoms with Crippen LogP contribution in [0.25, 0.3) is 0 Å². The molecule has 2 aliphatic rings. The molecule has 0 heteroatoms. The van der Waals surface area contributed by atoms with E-state index >= 15 is 0 Å². The van der Waals surface area contributed by atoms with Crippen LogP contribution in [0.1, 0.15) is 155 Å². The molecule has 0 aromatic heterocycles. The van der Waals surface area contributed by atoms with Gasteiger partial charge in [0, 0.05) is 0 Å². The molecule has 0 heterocycles. The predicted octanol–water partition coefficient (Wildman–Crippen LogP) is 9.85. The van der Waals surface area contributed by atoms with Gasteiger partial charge < -0.3 is 0 Å². The standard InChI is InChI=1S/C27H52/c1-2-3-4-5-6-7-8-11-20-27(23-21-25-16-12-9-13-17-25)24-22-26-18-14-10-15-19-26/h25-27H,2-24H2,1H3. The lowest BCUT2D eigenvalue weighted by Gasteiger charge is -2.27. The monoisotopic (exact) mass is 376 g/mol. The van der Waals surface area contributed by atoms with Crippen LogP contribution in [0.15, 0.2) is 0 Å². The van der Waals surface area contributed by atoms with E-state index in [4.69, 9.17) is 0 Å². The van der Waals surface area contributed by atoms with E-state index in [1.807, 2.05) is 0 Å².